The van der Waals surface area contributed by atoms with Crippen molar-refractivity contribution in [1.29, 1.82) is 0 Å². The van der Waals surface area contributed by atoms with E-state index < -0.39 is 36.4 Å². The third-order valence-corrected chi connectivity index (χ3v) is 3.35. The molecule has 2 heterocycles. The van der Waals surface area contributed by atoms with Crippen molar-refractivity contribution in [2.24, 2.45) is 0 Å². The minimum absolute atomic E-state index is 0.301. The Bertz CT molecular complexity index is 486. The zero-order chi connectivity index (χ0) is 18.3. The third kappa shape index (κ3) is 6.21. The number of aliphatic hydroxyl groups excluding tert-OH is 2. The molecule has 0 unspecified atom stereocenters. The van der Waals surface area contributed by atoms with Gasteiger partial charge in [0.25, 0.3) is 0 Å². The van der Waals surface area contributed by atoms with Gasteiger partial charge in [0.1, 0.15) is 24.4 Å². The lowest BCUT2D eigenvalue weighted by Gasteiger charge is -2.31. The molecule has 0 saturated heterocycles. The van der Waals surface area contributed by atoms with Crippen LogP contribution >= 0.6 is 0 Å². The molecule has 2 aliphatic heterocycles. The van der Waals surface area contributed by atoms with Gasteiger partial charge in [-0.1, -0.05) is 0 Å². The van der Waals surface area contributed by atoms with Crippen LogP contribution in [0.5, 0.6) is 0 Å². The van der Waals surface area contributed by atoms with Gasteiger partial charge in [0.2, 0.25) is 0 Å². The van der Waals surface area contributed by atoms with E-state index in [0.29, 0.717) is 0 Å². The Morgan fingerprint density at radius 3 is 1.96 bits per heavy atom. The topological polar surface area (TPSA) is 112 Å². The fourth-order valence-electron chi connectivity index (χ4n) is 2.08. The molecule has 0 radical (unpaired) electrons. The SMILES string of the molecule is CC(=O)O[C@H]1[C@H](C)OC=C[C@@H]1OC(C)=O.C[C@@H]1OC=C[C@H](O)[C@H]1O. The minimum atomic E-state index is -0.782. The maximum Gasteiger partial charge on any atom is 0.303 e. The first-order valence-corrected chi connectivity index (χ1v) is 7.57. The number of ether oxygens (including phenoxy) is 4. The molecule has 2 aliphatic rings. The van der Waals surface area contributed by atoms with Crippen LogP contribution in [0.1, 0.15) is 27.7 Å². The molecule has 0 aromatic carbocycles. The van der Waals surface area contributed by atoms with Crippen LogP contribution in [0, 0.1) is 0 Å². The monoisotopic (exact) mass is 344 g/mol. The van der Waals surface area contributed by atoms with Crippen molar-refractivity contribution < 1.29 is 38.7 Å². The number of carbonyl (C=O) groups is 2. The van der Waals surface area contributed by atoms with E-state index in [4.69, 9.17) is 29.2 Å². The van der Waals surface area contributed by atoms with E-state index in [9.17, 15) is 9.59 Å². The lowest BCUT2D eigenvalue weighted by molar-refractivity contribution is -0.172. The van der Waals surface area contributed by atoms with E-state index in [1.165, 1.54) is 32.4 Å². The second-order valence-corrected chi connectivity index (χ2v) is 5.47. The fraction of sp³-hybridized carbons (Fsp3) is 0.625. The van der Waals surface area contributed by atoms with E-state index >= 15 is 0 Å². The van der Waals surface area contributed by atoms with Crippen LogP contribution in [0.3, 0.4) is 0 Å². The van der Waals surface area contributed by atoms with Crippen molar-refractivity contribution in [2.75, 3.05) is 0 Å². The average molecular weight is 344 g/mol. The molecule has 6 atom stereocenters. The minimum Gasteiger partial charge on any atom is -0.496 e. The van der Waals surface area contributed by atoms with Crippen LogP contribution in [-0.4, -0.2) is 58.8 Å². The summed E-state index contributed by atoms with van der Waals surface area (Å²) in [4.78, 5) is 21.7. The van der Waals surface area contributed by atoms with E-state index in [2.05, 4.69) is 0 Å². The summed E-state index contributed by atoms with van der Waals surface area (Å²) in [7, 11) is 0. The van der Waals surface area contributed by atoms with Gasteiger partial charge in [-0.2, -0.15) is 0 Å². The van der Waals surface area contributed by atoms with Crippen LogP contribution in [0.4, 0.5) is 0 Å². The van der Waals surface area contributed by atoms with Gasteiger partial charge < -0.3 is 29.2 Å². The van der Waals surface area contributed by atoms with Gasteiger partial charge in [-0.25, -0.2) is 0 Å². The van der Waals surface area contributed by atoms with Gasteiger partial charge >= 0.3 is 11.9 Å². The van der Waals surface area contributed by atoms with Gasteiger partial charge in [-0.3, -0.25) is 9.59 Å². The van der Waals surface area contributed by atoms with Gasteiger partial charge in [-0.15, -0.1) is 0 Å². The largest absolute Gasteiger partial charge is 0.496 e. The van der Waals surface area contributed by atoms with Gasteiger partial charge in [0, 0.05) is 13.8 Å². The molecule has 8 heteroatoms. The van der Waals surface area contributed by atoms with E-state index in [0.717, 1.165) is 0 Å². The maximum absolute atomic E-state index is 10.8. The van der Waals surface area contributed by atoms with Gasteiger partial charge in [0.15, 0.2) is 12.2 Å². The Kier molecular flexibility index (Phi) is 7.73. The maximum atomic E-state index is 10.8. The van der Waals surface area contributed by atoms with Crippen LogP contribution in [0.25, 0.3) is 0 Å². The van der Waals surface area contributed by atoms with Crippen LogP contribution < -0.4 is 0 Å². The molecule has 0 saturated carbocycles. The lowest BCUT2D eigenvalue weighted by atomic mass is 10.1. The number of esters is 2. The number of hydrogen-bond donors (Lipinski definition) is 2. The highest BCUT2D eigenvalue weighted by molar-refractivity contribution is 5.67. The Balaban J connectivity index is 0.000000272. The molecular formula is C16H24O8. The number of hydrogen-bond acceptors (Lipinski definition) is 8. The van der Waals surface area contributed by atoms with Crippen molar-refractivity contribution >= 4 is 11.9 Å². The second-order valence-electron chi connectivity index (χ2n) is 5.47. The molecule has 24 heavy (non-hydrogen) atoms. The first kappa shape index (κ1) is 20.0. The molecule has 2 N–H and O–H groups in total. The second kappa shape index (κ2) is 9.29. The molecule has 0 aromatic rings. The summed E-state index contributed by atoms with van der Waals surface area (Å²) in [6, 6.07) is 0. The third-order valence-electron chi connectivity index (χ3n) is 3.35. The van der Waals surface area contributed by atoms with Crippen LogP contribution in [0.2, 0.25) is 0 Å². The zero-order valence-electron chi connectivity index (χ0n) is 14.1. The normalized spacial score (nSPS) is 34.1. The fourth-order valence-corrected chi connectivity index (χ4v) is 2.08. The Morgan fingerprint density at radius 1 is 0.917 bits per heavy atom. The Hall–Kier alpha value is -2.06. The van der Waals surface area contributed by atoms with Gasteiger partial charge in [0.05, 0.1) is 12.5 Å². The quantitative estimate of drug-likeness (QED) is 0.694. The van der Waals surface area contributed by atoms with E-state index in [1.807, 2.05) is 0 Å². The highest BCUT2D eigenvalue weighted by Crippen LogP contribution is 2.18. The van der Waals surface area contributed by atoms with E-state index in [-0.39, 0.29) is 12.2 Å². The summed E-state index contributed by atoms with van der Waals surface area (Å²) in [5, 5.41) is 18.0. The number of carbonyl (C=O) groups excluding carboxylic acids is 2. The standard InChI is InChI=1S/C10H14O5.C6H10O3/c1-6-10(15-8(3)12)9(4-5-13-6)14-7(2)11;1-4-6(8)5(7)2-3-9-4/h4-6,9-10H,1-3H3;2-8H,1H3/t6-,9-,10-;4-,5-,6-/m00/s1. The molecule has 8 nitrogen and oxygen atoms in total. The smallest absolute Gasteiger partial charge is 0.303 e. The Morgan fingerprint density at radius 2 is 1.46 bits per heavy atom. The molecule has 0 bridgehead atoms. The van der Waals surface area contributed by atoms with E-state index in [1.54, 1.807) is 19.9 Å². The van der Waals surface area contributed by atoms with Crippen LogP contribution in [0.15, 0.2) is 24.7 Å². The summed E-state index contributed by atoms with van der Waals surface area (Å²) < 4.78 is 20.0. The zero-order valence-corrected chi connectivity index (χ0v) is 14.1. The molecular weight excluding hydrogens is 320 g/mol. The van der Waals surface area contributed by atoms with Crippen molar-refractivity contribution in [3.05, 3.63) is 24.7 Å². The Labute approximate surface area is 140 Å². The predicted octanol–water partition coefficient (Wildman–Crippen LogP) is 0.423. The average Bonchev–Trinajstić information content (AvgIpc) is 2.48. The van der Waals surface area contributed by atoms with Crippen molar-refractivity contribution in [1.82, 2.24) is 0 Å². The molecule has 0 spiro atoms. The summed E-state index contributed by atoms with van der Waals surface area (Å²) in [5.74, 6) is -0.848. The first-order valence-electron chi connectivity index (χ1n) is 7.57. The molecule has 136 valence electrons. The van der Waals surface area contributed by atoms with Crippen molar-refractivity contribution in [3.63, 3.8) is 0 Å². The number of rotatable bonds is 2. The summed E-state index contributed by atoms with van der Waals surface area (Å²) in [6.07, 6.45) is 2.48. The molecule has 0 aromatic heterocycles. The highest BCUT2D eigenvalue weighted by atomic mass is 16.6. The summed E-state index contributed by atoms with van der Waals surface area (Å²) in [6.45, 7) is 6.06. The summed E-state index contributed by atoms with van der Waals surface area (Å²) in [5.41, 5.74) is 0. The highest BCUT2D eigenvalue weighted by Gasteiger charge is 2.34. The van der Waals surface area contributed by atoms with Gasteiger partial charge in [-0.05, 0) is 26.0 Å². The first-order chi connectivity index (χ1) is 11.2. The van der Waals surface area contributed by atoms with Crippen molar-refractivity contribution in [3.8, 4) is 0 Å². The van der Waals surface area contributed by atoms with Crippen molar-refractivity contribution in [2.45, 2.75) is 64.3 Å². The lowest BCUT2D eigenvalue weighted by Crippen LogP contribution is -2.43. The summed E-state index contributed by atoms with van der Waals surface area (Å²) >= 11 is 0. The molecule has 2 rings (SSSR count). The molecule has 0 aliphatic carbocycles. The van der Waals surface area contributed by atoms with Crippen LogP contribution in [-0.2, 0) is 28.5 Å². The predicted molar refractivity (Wildman–Crippen MR) is 82.5 cm³/mol. The molecule has 0 fully saturated rings. The number of aliphatic hydroxyl groups is 2. The molecule has 0 amide bonds.